The maximum absolute atomic E-state index is 3.66. The molecular formula is C13H24N2S. The van der Waals surface area contributed by atoms with E-state index in [0.717, 1.165) is 18.1 Å². The fraction of sp³-hybridized carbons (Fsp3) is 1.00. The maximum atomic E-state index is 3.66. The molecule has 1 N–H and O–H groups in total. The fourth-order valence-corrected chi connectivity index (χ4v) is 4.32. The summed E-state index contributed by atoms with van der Waals surface area (Å²) in [4.78, 5) is 2.86. The number of nitrogens with one attached hydrogen (secondary N) is 1. The molecule has 0 spiro atoms. The Morgan fingerprint density at radius 3 is 2.62 bits per heavy atom. The molecule has 92 valence electrons. The van der Waals surface area contributed by atoms with Crippen molar-refractivity contribution < 1.29 is 0 Å². The van der Waals surface area contributed by atoms with Crippen LogP contribution in [-0.2, 0) is 0 Å². The second kappa shape index (κ2) is 5.28. The third kappa shape index (κ3) is 2.74. The van der Waals surface area contributed by atoms with Gasteiger partial charge in [0, 0.05) is 30.4 Å². The Kier molecular flexibility index (Phi) is 3.75. The van der Waals surface area contributed by atoms with E-state index in [1.807, 2.05) is 0 Å². The third-order valence-electron chi connectivity index (χ3n) is 4.21. The van der Waals surface area contributed by atoms with Crippen LogP contribution >= 0.6 is 11.8 Å². The molecule has 2 unspecified atom stereocenters. The van der Waals surface area contributed by atoms with Gasteiger partial charge in [0.2, 0.25) is 0 Å². The van der Waals surface area contributed by atoms with Crippen molar-refractivity contribution in [3.05, 3.63) is 0 Å². The Bertz CT molecular complexity index is 218. The summed E-state index contributed by atoms with van der Waals surface area (Å²) in [5, 5.41) is 3.66. The second-order valence-corrected chi connectivity index (χ2v) is 6.74. The zero-order chi connectivity index (χ0) is 10.8. The Labute approximate surface area is 104 Å². The molecule has 3 aliphatic rings. The van der Waals surface area contributed by atoms with Crippen molar-refractivity contribution in [3.63, 3.8) is 0 Å². The first-order chi connectivity index (χ1) is 7.93. The van der Waals surface area contributed by atoms with Gasteiger partial charge in [-0.25, -0.2) is 0 Å². The van der Waals surface area contributed by atoms with Crippen LogP contribution in [0.4, 0.5) is 0 Å². The summed E-state index contributed by atoms with van der Waals surface area (Å²) in [5.41, 5.74) is 0. The van der Waals surface area contributed by atoms with Crippen molar-refractivity contribution in [1.29, 1.82) is 0 Å². The highest BCUT2D eigenvalue weighted by molar-refractivity contribution is 7.99. The molecule has 3 rings (SSSR count). The predicted molar refractivity (Wildman–Crippen MR) is 71.1 cm³/mol. The number of nitrogens with zero attached hydrogens (tertiary/aromatic N) is 1. The lowest BCUT2D eigenvalue weighted by Gasteiger charge is -2.36. The van der Waals surface area contributed by atoms with Gasteiger partial charge in [-0.1, -0.05) is 0 Å². The zero-order valence-corrected chi connectivity index (χ0v) is 11.0. The minimum absolute atomic E-state index is 0.799. The zero-order valence-electron chi connectivity index (χ0n) is 10.2. The molecule has 1 saturated carbocycles. The fourth-order valence-electron chi connectivity index (χ4n) is 3.15. The van der Waals surface area contributed by atoms with E-state index in [-0.39, 0.29) is 0 Å². The lowest BCUT2D eigenvalue weighted by molar-refractivity contribution is 0.173. The third-order valence-corrected chi connectivity index (χ3v) is 5.41. The molecule has 0 amide bonds. The predicted octanol–water partition coefficient (Wildman–Crippen LogP) is 2.10. The first-order valence-electron chi connectivity index (χ1n) is 7.00. The number of thioether (sulfide) groups is 1. The molecule has 2 nitrogen and oxygen atoms in total. The first kappa shape index (κ1) is 11.4. The lowest BCUT2D eigenvalue weighted by atomic mass is 10.1. The van der Waals surface area contributed by atoms with Crippen LogP contribution in [0.25, 0.3) is 0 Å². The Balaban J connectivity index is 1.56. The quantitative estimate of drug-likeness (QED) is 0.810. The van der Waals surface area contributed by atoms with Crippen molar-refractivity contribution >= 4 is 11.8 Å². The standard InChI is InChI=1S/C13H24N2S/c1-3-11(14-7-1)9-15(12-5-6-12)13-4-2-8-16-10-13/h11-14H,1-10H2. The Morgan fingerprint density at radius 1 is 1.06 bits per heavy atom. The summed E-state index contributed by atoms with van der Waals surface area (Å²) in [5.74, 6) is 2.79. The maximum Gasteiger partial charge on any atom is 0.0195 e. The highest BCUT2D eigenvalue weighted by Crippen LogP contribution is 2.33. The summed E-state index contributed by atoms with van der Waals surface area (Å²) < 4.78 is 0. The molecule has 2 heterocycles. The molecule has 0 aromatic rings. The molecule has 2 saturated heterocycles. The molecule has 2 aliphatic heterocycles. The topological polar surface area (TPSA) is 15.3 Å². The average molecular weight is 240 g/mol. The van der Waals surface area contributed by atoms with Crippen molar-refractivity contribution in [2.75, 3.05) is 24.6 Å². The first-order valence-corrected chi connectivity index (χ1v) is 8.16. The van der Waals surface area contributed by atoms with Crippen molar-refractivity contribution in [1.82, 2.24) is 10.2 Å². The molecule has 3 fully saturated rings. The molecule has 0 aromatic heterocycles. The van der Waals surface area contributed by atoms with E-state index in [1.165, 1.54) is 63.1 Å². The van der Waals surface area contributed by atoms with Gasteiger partial charge in [0.15, 0.2) is 0 Å². The van der Waals surface area contributed by atoms with Crippen molar-refractivity contribution in [2.24, 2.45) is 0 Å². The average Bonchev–Trinajstić information content (AvgIpc) is 3.05. The van der Waals surface area contributed by atoms with E-state index in [4.69, 9.17) is 0 Å². The normalized spacial score (nSPS) is 35.8. The van der Waals surface area contributed by atoms with Gasteiger partial charge in [-0.05, 0) is 50.8 Å². The molecule has 2 atom stereocenters. The van der Waals surface area contributed by atoms with E-state index in [2.05, 4.69) is 22.0 Å². The van der Waals surface area contributed by atoms with Gasteiger partial charge in [-0.2, -0.15) is 11.8 Å². The van der Waals surface area contributed by atoms with Crippen LogP contribution < -0.4 is 5.32 Å². The summed E-state index contributed by atoms with van der Waals surface area (Å²) >= 11 is 2.17. The van der Waals surface area contributed by atoms with Crippen molar-refractivity contribution in [3.8, 4) is 0 Å². The second-order valence-electron chi connectivity index (χ2n) is 5.59. The van der Waals surface area contributed by atoms with Gasteiger partial charge < -0.3 is 5.32 Å². The van der Waals surface area contributed by atoms with Gasteiger partial charge >= 0.3 is 0 Å². The van der Waals surface area contributed by atoms with Gasteiger partial charge in [-0.15, -0.1) is 0 Å². The van der Waals surface area contributed by atoms with E-state index in [0.29, 0.717) is 0 Å². The van der Waals surface area contributed by atoms with Crippen molar-refractivity contribution in [2.45, 2.75) is 56.7 Å². The van der Waals surface area contributed by atoms with Crippen LogP contribution in [-0.4, -0.2) is 47.6 Å². The van der Waals surface area contributed by atoms with Gasteiger partial charge in [-0.3, -0.25) is 4.90 Å². The Morgan fingerprint density at radius 2 is 2.00 bits per heavy atom. The molecule has 3 heteroatoms. The summed E-state index contributed by atoms with van der Waals surface area (Å²) in [6.45, 7) is 2.58. The van der Waals surface area contributed by atoms with E-state index in [9.17, 15) is 0 Å². The minimum Gasteiger partial charge on any atom is -0.313 e. The molecular weight excluding hydrogens is 216 g/mol. The van der Waals surface area contributed by atoms with Crippen LogP contribution in [0.3, 0.4) is 0 Å². The van der Waals surface area contributed by atoms with Crippen LogP contribution in [0.1, 0.15) is 38.5 Å². The van der Waals surface area contributed by atoms with Gasteiger partial charge in [0.05, 0.1) is 0 Å². The monoisotopic (exact) mass is 240 g/mol. The summed E-state index contributed by atoms with van der Waals surface area (Å²) in [6, 6.07) is 2.65. The Hall–Kier alpha value is 0.270. The minimum atomic E-state index is 0.799. The highest BCUT2D eigenvalue weighted by atomic mass is 32.2. The van der Waals surface area contributed by atoms with Crippen LogP contribution in [0.15, 0.2) is 0 Å². The molecule has 0 aromatic carbocycles. The molecule has 0 bridgehead atoms. The van der Waals surface area contributed by atoms with E-state index >= 15 is 0 Å². The number of rotatable bonds is 4. The molecule has 16 heavy (non-hydrogen) atoms. The molecule has 1 aliphatic carbocycles. The summed E-state index contributed by atoms with van der Waals surface area (Å²) in [7, 11) is 0. The largest absolute Gasteiger partial charge is 0.313 e. The van der Waals surface area contributed by atoms with E-state index in [1.54, 1.807) is 0 Å². The highest BCUT2D eigenvalue weighted by Gasteiger charge is 2.36. The number of hydrogen-bond acceptors (Lipinski definition) is 3. The van der Waals surface area contributed by atoms with Crippen LogP contribution in [0, 0.1) is 0 Å². The van der Waals surface area contributed by atoms with Crippen LogP contribution in [0.2, 0.25) is 0 Å². The summed E-state index contributed by atoms with van der Waals surface area (Å²) in [6.07, 6.45) is 8.63. The van der Waals surface area contributed by atoms with Crippen LogP contribution in [0.5, 0.6) is 0 Å². The smallest absolute Gasteiger partial charge is 0.0195 e. The van der Waals surface area contributed by atoms with Gasteiger partial charge in [0.25, 0.3) is 0 Å². The SMILES string of the molecule is C1CNC(CN(C2CC2)C2CCCSC2)C1. The molecule has 0 radical (unpaired) electrons. The van der Waals surface area contributed by atoms with Gasteiger partial charge in [0.1, 0.15) is 0 Å². The number of hydrogen-bond donors (Lipinski definition) is 1. The van der Waals surface area contributed by atoms with E-state index < -0.39 is 0 Å². The lowest BCUT2D eigenvalue weighted by Crippen LogP contribution is -2.46.